The molecule has 1 aliphatic rings. The van der Waals surface area contributed by atoms with E-state index >= 15 is 0 Å². The number of aryl methyl sites for hydroxylation is 1. The highest BCUT2D eigenvalue weighted by atomic mass is 32.1. The van der Waals surface area contributed by atoms with E-state index in [1.807, 2.05) is 12.1 Å². The summed E-state index contributed by atoms with van der Waals surface area (Å²) in [5.74, 6) is -0.0197. The molecule has 2 aromatic rings. The number of carbonyl (C=O) groups excluding carboxylic acids is 1. The first kappa shape index (κ1) is 14.4. The summed E-state index contributed by atoms with van der Waals surface area (Å²) in [4.78, 5) is 13.1. The fourth-order valence-electron chi connectivity index (χ4n) is 2.96. The highest BCUT2D eigenvalue weighted by molar-refractivity contribution is 7.21. The smallest absolute Gasteiger partial charge is 0.263 e. The molecule has 3 N–H and O–H groups in total. The van der Waals surface area contributed by atoms with Crippen molar-refractivity contribution in [2.45, 2.75) is 39.5 Å². The van der Waals surface area contributed by atoms with Crippen molar-refractivity contribution >= 4 is 33.0 Å². The van der Waals surface area contributed by atoms with Crippen molar-refractivity contribution in [3.63, 3.8) is 0 Å². The number of anilines is 1. The van der Waals surface area contributed by atoms with Gasteiger partial charge in [0.25, 0.3) is 5.91 Å². The van der Waals surface area contributed by atoms with Crippen molar-refractivity contribution in [2.75, 3.05) is 12.3 Å². The van der Waals surface area contributed by atoms with Gasteiger partial charge in [0.15, 0.2) is 0 Å². The minimum atomic E-state index is -0.0197. The van der Waals surface area contributed by atoms with Crippen LogP contribution in [0.1, 0.15) is 47.8 Å². The van der Waals surface area contributed by atoms with Crippen molar-refractivity contribution in [1.29, 1.82) is 0 Å². The maximum Gasteiger partial charge on any atom is 0.263 e. The molecule has 0 atom stereocenters. The molecule has 1 heterocycles. The predicted octanol–water partition coefficient (Wildman–Crippen LogP) is 4.10. The molecule has 3 nitrogen and oxygen atoms in total. The number of hydrogen-bond acceptors (Lipinski definition) is 3. The van der Waals surface area contributed by atoms with Crippen molar-refractivity contribution in [2.24, 2.45) is 5.41 Å². The molecule has 4 heteroatoms. The van der Waals surface area contributed by atoms with Gasteiger partial charge in [-0.25, -0.2) is 0 Å². The number of carbonyl (C=O) groups is 1. The Balaban J connectivity index is 1.77. The van der Waals surface area contributed by atoms with Gasteiger partial charge in [-0.05, 0) is 43.2 Å². The normalized spacial score (nSPS) is 16.1. The van der Waals surface area contributed by atoms with Crippen LogP contribution in [0.25, 0.3) is 10.1 Å². The summed E-state index contributed by atoms with van der Waals surface area (Å²) in [6.45, 7) is 5.04. The number of thiophene rings is 1. The number of benzene rings is 1. The summed E-state index contributed by atoms with van der Waals surface area (Å²) < 4.78 is 1.09. The third kappa shape index (κ3) is 2.77. The van der Waals surface area contributed by atoms with Gasteiger partial charge in [0.2, 0.25) is 0 Å². The first-order valence-corrected chi connectivity index (χ1v) is 8.43. The second-order valence-corrected chi connectivity index (χ2v) is 7.33. The van der Waals surface area contributed by atoms with Crippen LogP contribution in [0.15, 0.2) is 18.2 Å². The Kier molecular flexibility index (Phi) is 3.66. The van der Waals surface area contributed by atoms with Crippen molar-refractivity contribution in [3.8, 4) is 0 Å². The van der Waals surface area contributed by atoms with E-state index in [2.05, 4.69) is 25.2 Å². The zero-order chi connectivity index (χ0) is 15.0. The molecule has 0 radical (unpaired) electrons. The number of amides is 1. The molecule has 1 aromatic carbocycles. The van der Waals surface area contributed by atoms with Crippen LogP contribution in [-0.2, 0) is 0 Å². The Bertz CT molecular complexity index is 685. The van der Waals surface area contributed by atoms with Crippen LogP contribution in [0.3, 0.4) is 0 Å². The van der Waals surface area contributed by atoms with E-state index in [-0.39, 0.29) is 5.91 Å². The maximum atomic E-state index is 12.4. The highest BCUT2D eigenvalue weighted by Gasteiger charge is 2.41. The minimum Gasteiger partial charge on any atom is -0.397 e. The summed E-state index contributed by atoms with van der Waals surface area (Å²) in [5, 5.41) is 4.09. The Morgan fingerprint density at radius 2 is 2.19 bits per heavy atom. The molecular weight excluding hydrogens is 280 g/mol. The lowest BCUT2D eigenvalue weighted by molar-refractivity contribution is 0.0948. The summed E-state index contributed by atoms with van der Waals surface area (Å²) in [6, 6.07) is 6.13. The summed E-state index contributed by atoms with van der Waals surface area (Å²) in [6.07, 6.45) is 4.86. The molecule has 3 rings (SSSR count). The third-order valence-corrected chi connectivity index (χ3v) is 5.62. The van der Waals surface area contributed by atoms with Gasteiger partial charge >= 0.3 is 0 Å². The molecule has 21 heavy (non-hydrogen) atoms. The van der Waals surface area contributed by atoms with Crippen LogP contribution in [-0.4, -0.2) is 12.5 Å². The molecule has 0 unspecified atom stereocenters. The van der Waals surface area contributed by atoms with Gasteiger partial charge in [-0.1, -0.05) is 25.5 Å². The largest absolute Gasteiger partial charge is 0.397 e. The van der Waals surface area contributed by atoms with Crippen LogP contribution >= 0.6 is 11.3 Å². The van der Waals surface area contributed by atoms with Crippen LogP contribution in [0, 0.1) is 12.3 Å². The average molecular weight is 302 g/mol. The zero-order valence-corrected chi connectivity index (χ0v) is 13.5. The third-order valence-electron chi connectivity index (χ3n) is 4.45. The zero-order valence-electron chi connectivity index (χ0n) is 12.7. The van der Waals surface area contributed by atoms with E-state index in [9.17, 15) is 4.79 Å². The van der Waals surface area contributed by atoms with Gasteiger partial charge in [0.05, 0.1) is 5.69 Å². The molecule has 0 saturated heterocycles. The Hall–Kier alpha value is -1.55. The van der Waals surface area contributed by atoms with Gasteiger partial charge in [-0.3, -0.25) is 4.79 Å². The lowest BCUT2D eigenvalue weighted by Crippen LogP contribution is -2.30. The van der Waals surface area contributed by atoms with E-state index in [0.29, 0.717) is 16.0 Å². The molecule has 0 spiro atoms. The lowest BCUT2D eigenvalue weighted by atomic mass is 10.0. The fraction of sp³-hybridized carbons (Fsp3) is 0.471. The number of nitrogens with two attached hydrogens (primary N) is 1. The monoisotopic (exact) mass is 302 g/mol. The molecular formula is C17H22N2OS. The second-order valence-electron chi connectivity index (χ2n) is 6.28. The van der Waals surface area contributed by atoms with Gasteiger partial charge in [-0.15, -0.1) is 11.3 Å². The predicted molar refractivity (Wildman–Crippen MR) is 89.9 cm³/mol. The Morgan fingerprint density at radius 1 is 1.43 bits per heavy atom. The number of nitrogen functional groups attached to an aromatic ring is 1. The van der Waals surface area contributed by atoms with Crippen LogP contribution < -0.4 is 11.1 Å². The van der Waals surface area contributed by atoms with Crippen LogP contribution in [0.2, 0.25) is 0 Å². The molecule has 1 amide bonds. The first-order valence-electron chi connectivity index (χ1n) is 7.61. The van der Waals surface area contributed by atoms with E-state index < -0.39 is 0 Å². The van der Waals surface area contributed by atoms with Crippen LogP contribution in [0.5, 0.6) is 0 Å². The Morgan fingerprint density at radius 3 is 2.86 bits per heavy atom. The highest BCUT2D eigenvalue weighted by Crippen LogP contribution is 2.49. The fourth-order valence-corrected chi connectivity index (χ4v) is 4.10. The first-order chi connectivity index (χ1) is 10.0. The maximum absolute atomic E-state index is 12.4. The average Bonchev–Trinajstić information content (AvgIpc) is 3.15. The van der Waals surface area contributed by atoms with Gasteiger partial charge in [0, 0.05) is 16.6 Å². The summed E-state index contributed by atoms with van der Waals surface area (Å²) in [5.41, 5.74) is 8.33. The van der Waals surface area contributed by atoms with Gasteiger partial charge in [0.1, 0.15) is 4.88 Å². The van der Waals surface area contributed by atoms with Gasteiger partial charge < -0.3 is 11.1 Å². The molecule has 1 aliphatic carbocycles. The molecule has 0 bridgehead atoms. The molecule has 1 fully saturated rings. The second kappa shape index (κ2) is 5.34. The number of hydrogen-bond donors (Lipinski definition) is 2. The van der Waals surface area contributed by atoms with Crippen molar-refractivity contribution in [1.82, 2.24) is 5.32 Å². The Labute approximate surface area is 129 Å². The number of nitrogens with one attached hydrogen (secondary N) is 1. The summed E-state index contributed by atoms with van der Waals surface area (Å²) in [7, 11) is 0. The SMILES string of the molecule is CCCC1(CNC(=O)c2sc3cc(C)ccc3c2N)CC1. The van der Waals surface area contributed by atoms with Crippen LogP contribution in [0.4, 0.5) is 5.69 Å². The van der Waals surface area contributed by atoms with E-state index in [1.165, 1.54) is 42.6 Å². The topological polar surface area (TPSA) is 55.1 Å². The van der Waals surface area contributed by atoms with E-state index in [1.54, 1.807) is 0 Å². The molecule has 1 aromatic heterocycles. The number of fused-ring (bicyclic) bond motifs is 1. The molecule has 112 valence electrons. The molecule has 0 aliphatic heterocycles. The van der Waals surface area contributed by atoms with E-state index in [0.717, 1.165) is 16.6 Å². The molecule has 1 saturated carbocycles. The standard InChI is InChI=1S/C17H22N2OS/c1-3-6-17(7-8-17)10-19-16(20)15-14(18)12-5-4-11(2)9-13(12)21-15/h4-5,9H,3,6-8,10,18H2,1-2H3,(H,19,20). The number of rotatable bonds is 5. The van der Waals surface area contributed by atoms with Crippen molar-refractivity contribution in [3.05, 3.63) is 28.6 Å². The van der Waals surface area contributed by atoms with E-state index in [4.69, 9.17) is 5.73 Å². The van der Waals surface area contributed by atoms with Gasteiger partial charge in [-0.2, -0.15) is 0 Å². The van der Waals surface area contributed by atoms with Crippen molar-refractivity contribution < 1.29 is 4.79 Å². The minimum absolute atomic E-state index is 0.0197. The quantitative estimate of drug-likeness (QED) is 0.873. The lowest BCUT2D eigenvalue weighted by Gasteiger charge is -2.14. The summed E-state index contributed by atoms with van der Waals surface area (Å²) >= 11 is 1.49.